The highest BCUT2D eigenvalue weighted by Gasteiger charge is 2.26. The molecule has 0 saturated carbocycles. The molecule has 1 fully saturated rings. The molecule has 1 amide bonds. The zero-order chi connectivity index (χ0) is 12.8. The number of carbonyl (C=O) groups is 1. The summed E-state index contributed by atoms with van der Waals surface area (Å²) >= 11 is 1.59. The summed E-state index contributed by atoms with van der Waals surface area (Å²) in [5, 5.41) is 2.92. The first-order valence-corrected chi connectivity index (χ1v) is 6.92. The first kappa shape index (κ1) is 13.1. The lowest BCUT2D eigenvalue weighted by atomic mass is 10.1. The fraction of sp³-hybridized carbons (Fsp3) is 0.308. The largest absolute Gasteiger partial charge is 0.329 e. The summed E-state index contributed by atoms with van der Waals surface area (Å²) in [6, 6.07) is 9.74. The Hall–Kier alpha value is -1.30. The highest BCUT2D eigenvalue weighted by atomic mass is 32.2. The van der Waals surface area contributed by atoms with Crippen LogP contribution in [0.2, 0.25) is 0 Å². The first-order chi connectivity index (χ1) is 8.79. The van der Waals surface area contributed by atoms with Gasteiger partial charge >= 0.3 is 0 Å². The van der Waals surface area contributed by atoms with Crippen LogP contribution in [0.4, 0.5) is 0 Å². The van der Waals surface area contributed by atoms with Crippen LogP contribution in [-0.2, 0) is 11.2 Å². The van der Waals surface area contributed by atoms with E-state index in [0.717, 1.165) is 11.3 Å². The molecule has 5 heteroatoms. The summed E-state index contributed by atoms with van der Waals surface area (Å²) in [5.41, 5.74) is 7.19. The molecule has 18 heavy (non-hydrogen) atoms. The monoisotopic (exact) mass is 263 g/mol. The normalized spacial score (nSPS) is 23.4. The van der Waals surface area contributed by atoms with Crippen LogP contribution in [0.3, 0.4) is 0 Å². The third-order valence-corrected chi connectivity index (χ3v) is 3.64. The van der Waals surface area contributed by atoms with E-state index in [2.05, 4.69) is 22.7 Å². The molecule has 1 heterocycles. The molecule has 1 aromatic rings. The van der Waals surface area contributed by atoms with Gasteiger partial charge in [-0.2, -0.15) is 0 Å². The zero-order valence-corrected chi connectivity index (χ0v) is 10.9. The molecule has 1 aromatic carbocycles. The first-order valence-electron chi connectivity index (χ1n) is 5.87. The van der Waals surface area contributed by atoms with Gasteiger partial charge in [-0.15, -0.1) is 18.3 Å². The average molecular weight is 263 g/mol. The van der Waals surface area contributed by atoms with Crippen LogP contribution in [0, 0.1) is 0 Å². The van der Waals surface area contributed by atoms with Gasteiger partial charge in [-0.05, 0) is 12.0 Å². The molecule has 1 saturated heterocycles. The number of carbonyl (C=O) groups excluding carboxylic acids is 1. The Balaban J connectivity index is 1.86. The van der Waals surface area contributed by atoms with Crippen molar-refractivity contribution in [1.82, 2.24) is 16.2 Å². The van der Waals surface area contributed by atoms with E-state index in [-0.39, 0.29) is 17.4 Å². The molecule has 2 rings (SSSR count). The van der Waals surface area contributed by atoms with E-state index in [1.54, 1.807) is 11.8 Å². The lowest BCUT2D eigenvalue weighted by Gasteiger charge is -2.30. The van der Waals surface area contributed by atoms with Gasteiger partial charge in [-0.3, -0.25) is 4.79 Å². The highest BCUT2D eigenvalue weighted by Crippen LogP contribution is 2.10. The summed E-state index contributed by atoms with van der Waals surface area (Å²) in [6.45, 7) is 3.65. The van der Waals surface area contributed by atoms with Gasteiger partial charge in [0.2, 0.25) is 5.91 Å². The minimum Gasteiger partial charge on any atom is -0.329 e. The molecule has 2 unspecified atom stereocenters. The summed E-state index contributed by atoms with van der Waals surface area (Å²) in [4.78, 5) is 11.9. The molecule has 1 aliphatic rings. The fourth-order valence-electron chi connectivity index (χ4n) is 1.75. The van der Waals surface area contributed by atoms with E-state index in [1.807, 2.05) is 36.4 Å². The molecule has 96 valence electrons. The molecule has 1 aliphatic heterocycles. The molecule has 0 radical (unpaired) electrons. The van der Waals surface area contributed by atoms with Crippen LogP contribution in [0.15, 0.2) is 43.0 Å². The van der Waals surface area contributed by atoms with Gasteiger partial charge in [0.15, 0.2) is 0 Å². The Morgan fingerprint density at radius 2 is 2.06 bits per heavy atom. The van der Waals surface area contributed by atoms with Crippen LogP contribution in [0.25, 0.3) is 0 Å². The minimum absolute atomic E-state index is 0.0270. The smallest absolute Gasteiger partial charge is 0.240 e. The molecule has 0 aliphatic carbocycles. The SMILES string of the molecule is C=CCSC1NNC(Cc2ccccc2)C(=O)N1. The molecular weight excluding hydrogens is 246 g/mol. The number of nitrogens with one attached hydrogen (secondary N) is 3. The molecule has 3 N–H and O–H groups in total. The fourth-order valence-corrected chi connectivity index (χ4v) is 2.43. The highest BCUT2D eigenvalue weighted by molar-refractivity contribution is 7.99. The molecule has 4 nitrogen and oxygen atoms in total. The van der Waals surface area contributed by atoms with Crippen LogP contribution in [-0.4, -0.2) is 23.2 Å². The summed E-state index contributed by atoms with van der Waals surface area (Å²) in [6.07, 6.45) is 2.49. The maximum absolute atomic E-state index is 11.9. The number of hydrogen-bond donors (Lipinski definition) is 3. The van der Waals surface area contributed by atoms with Crippen LogP contribution in [0.5, 0.6) is 0 Å². The Morgan fingerprint density at radius 3 is 2.72 bits per heavy atom. The third kappa shape index (κ3) is 3.60. The zero-order valence-electron chi connectivity index (χ0n) is 10.1. The molecule has 0 aromatic heterocycles. The standard InChI is InChI=1S/C13H17N3OS/c1-2-8-18-13-14-12(17)11(15-16-13)9-10-6-4-3-5-7-10/h2-7,11,13,15-16H,1,8-9H2,(H,14,17). The predicted octanol–water partition coefficient (Wildman–Crippen LogP) is 1.02. The van der Waals surface area contributed by atoms with E-state index < -0.39 is 0 Å². The molecule has 0 bridgehead atoms. The van der Waals surface area contributed by atoms with Crippen molar-refractivity contribution in [3.05, 3.63) is 48.6 Å². The summed E-state index contributed by atoms with van der Waals surface area (Å²) in [7, 11) is 0. The maximum atomic E-state index is 11.9. The van der Waals surface area contributed by atoms with Crippen LogP contribution in [0.1, 0.15) is 5.56 Å². The molecule has 2 atom stereocenters. The Morgan fingerprint density at radius 1 is 1.28 bits per heavy atom. The Bertz CT molecular complexity index is 410. The minimum atomic E-state index is -0.229. The van der Waals surface area contributed by atoms with Crippen molar-refractivity contribution in [3.8, 4) is 0 Å². The molecule has 0 spiro atoms. The van der Waals surface area contributed by atoms with Crippen molar-refractivity contribution in [2.45, 2.75) is 18.0 Å². The van der Waals surface area contributed by atoms with Crippen LogP contribution >= 0.6 is 11.8 Å². The van der Waals surface area contributed by atoms with Crippen molar-refractivity contribution in [2.24, 2.45) is 0 Å². The van der Waals surface area contributed by atoms with E-state index in [0.29, 0.717) is 6.42 Å². The Labute approximate surface area is 111 Å². The third-order valence-electron chi connectivity index (χ3n) is 2.64. The number of hydrazine groups is 1. The van der Waals surface area contributed by atoms with Crippen molar-refractivity contribution in [3.63, 3.8) is 0 Å². The second kappa shape index (κ2) is 6.58. The van der Waals surface area contributed by atoms with Gasteiger partial charge in [-0.1, -0.05) is 36.4 Å². The Kier molecular flexibility index (Phi) is 4.81. The summed E-state index contributed by atoms with van der Waals surface area (Å²) < 4.78 is 0. The van der Waals surface area contributed by atoms with Crippen molar-refractivity contribution < 1.29 is 4.79 Å². The van der Waals surface area contributed by atoms with E-state index in [1.165, 1.54) is 0 Å². The average Bonchev–Trinajstić information content (AvgIpc) is 2.40. The van der Waals surface area contributed by atoms with Gasteiger partial charge in [0.25, 0.3) is 0 Å². The second-order valence-electron chi connectivity index (χ2n) is 4.04. The van der Waals surface area contributed by atoms with Crippen molar-refractivity contribution in [2.75, 3.05) is 5.75 Å². The van der Waals surface area contributed by atoms with Gasteiger partial charge in [0, 0.05) is 5.75 Å². The van der Waals surface area contributed by atoms with E-state index >= 15 is 0 Å². The molecular formula is C13H17N3OS. The van der Waals surface area contributed by atoms with Gasteiger partial charge in [-0.25, -0.2) is 10.9 Å². The second-order valence-corrected chi connectivity index (χ2v) is 5.18. The van der Waals surface area contributed by atoms with Crippen molar-refractivity contribution in [1.29, 1.82) is 0 Å². The lowest BCUT2D eigenvalue weighted by molar-refractivity contribution is -0.125. The predicted molar refractivity (Wildman–Crippen MR) is 74.8 cm³/mol. The quantitative estimate of drug-likeness (QED) is 0.694. The van der Waals surface area contributed by atoms with Crippen LogP contribution < -0.4 is 16.2 Å². The maximum Gasteiger partial charge on any atom is 0.240 e. The van der Waals surface area contributed by atoms with E-state index in [9.17, 15) is 4.79 Å². The topological polar surface area (TPSA) is 53.2 Å². The number of benzene rings is 1. The van der Waals surface area contributed by atoms with Gasteiger partial charge in [0.1, 0.15) is 11.5 Å². The lowest BCUT2D eigenvalue weighted by Crippen LogP contribution is -2.64. The van der Waals surface area contributed by atoms with Crippen molar-refractivity contribution >= 4 is 17.7 Å². The number of amides is 1. The summed E-state index contributed by atoms with van der Waals surface area (Å²) in [5.74, 6) is 0.822. The number of thioether (sulfide) groups is 1. The number of hydrogen-bond acceptors (Lipinski definition) is 4. The van der Waals surface area contributed by atoms with Gasteiger partial charge in [0.05, 0.1) is 0 Å². The van der Waals surface area contributed by atoms with Gasteiger partial charge < -0.3 is 5.32 Å². The van der Waals surface area contributed by atoms with E-state index in [4.69, 9.17) is 0 Å². The number of rotatable bonds is 5.